The van der Waals surface area contributed by atoms with Crippen molar-refractivity contribution in [1.82, 2.24) is 8.69 Å². The van der Waals surface area contributed by atoms with Crippen molar-refractivity contribution < 1.29 is 13.0 Å². The third-order valence-electron chi connectivity index (χ3n) is 5.23. The van der Waals surface area contributed by atoms with Crippen molar-refractivity contribution in [2.24, 2.45) is 0 Å². The molecule has 1 heterocycles. The predicted octanol–water partition coefficient (Wildman–Crippen LogP) is 3.41. The highest BCUT2D eigenvalue weighted by atomic mass is 32.2. The number of rotatable bonds is 4. The third kappa shape index (κ3) is 2.99. The van der Waals surface area contributed by atoms with Gasteiger partial charge in [0.2, 0.25) is 10.0 Å². The number of para-hydroxylation sites is 1. The van der Waals surface area contributed by atoms with E-state index in [1.165, 1.54) is 0 Å². The van der Waals surface area contributed by atoms with Gasteiger partial charge >= 0.3 is 0 Å². The summed E-state index contributed by atoms with van der Waals surface area (Å²) in [6.45, 7) is 5.84. The zero-order valence-electron chi connectivity index (χ0n) is 15.5. The topological polar surface area (TPSA) is 74.2 Å². The first-order valence-electron chi connectivity index (χ1n) is 9.26. The van der Waals surface area contributed by atoms with Gasteiger partial charge < -0.3 is 4.55 Å². The van der Waals surface area contributed by atoms with Crippen LogP contribution in [0.2, 0.25) is 0 Å². The molecule has 2 aromatic rings. The van der Waals surface area contributed by atoms with E-state index in [4.69, 9.17) is 0 Å². The van der Waals surface area contributed by atoms with Crippen molar-refractivity contribution in [3.8, 4) is 0 Å². The number of aromatic nitrogens is 1. The molecule has 0 radical (unpaired) electrons. The number of nitrogens with one attached hydrogen (secondary N) is 1. The van der Waals surface area contributed by atoms with E-state index in [0.29, 0.717) is 0 Å². The summed E-state index contributed by atoms with van der Waals surface area (Å²) in [5, 5.41) is 0.717. The minimum atomic E-state index is -3.36. The summed E-state index contributed by atoms with van der Waals surface area (Å²) in [6.07, 6.45) is 4.00. The van der Waals surface area contributed by atoms with E-state index >= 15 is 0 Å². The maximum atomic E-state index is 13.1. The van der Waals surface area contributed by atoms with E-state index < -0.39 is 21.4 Å². The van der Waals surface area contributed by atoms with Crippen LogP contribution in [-0.4, -0.2) is 26.9 Å². The molecule has 1 aromatic carbocycles. The molecule has 7 heteroatoms. The van der Waals surface area contributed by atoms with E-state index in [9.17, 15) is 13.0 Å². The maximum absolute atomic E-state index is 13.1. The van der Waals surface area contributed by atoms with Crippen molar-refractivity contribution in [2.75, 3.05) is 0 Å². The Hall–Kier alpha value is -1.02. The minimum absolute atomic E-state index is 0.0839. The number of nitrogens with zero attached hydrogens (tertiary/aromatic N) is 1. The average Bonchev–Trinajstić information content (AvgIpc) is 3.36. The lowest BCUT2D eigenvalue weighted by Crippen LogP contribution is -2.42. The Morgan fingerprint density at radius 3 is 2.54 bits per heavy atom. The molecule has 1 aromatic heterocycles. The summed E-state index contributed by atoms with van der Waals surface area (Å²) in [6, 6.07) is 7.64. The Bertz CT molecular complexity index is 940. The molecule has 26 heavy (non-hydrogen) atoms. The second-order valence-corrected chi connectivity index (χ2v) is 12.4. The van der Waals surface area contributed by atoms with Crippen molar-refractivity contribution in [1.29, 1.82) is 0 Å². The van der Waals surface area contributed by atoms with Gasteiger partial charge in [-0.1, -0.05) is 18.2 Å². The SMILES string of the molecule is CC(C)(C)[S+]([O-])N[C@H]1CCCc2c1c1ccccc1n2S(=O)(=O)C1CC1. The minimum Gasteiger partial charge on any atom is -0.598 e. The summed E-state index contributed by atoms with van der Waals surface area (Å²) in [5.41, 5.74) is 2.67. The second kappa shape index (κ2) is 6.26. The van der Waals surface area contributed by atoms with Crippen LogP contribution in [0.4, 0.5) is 0 Å². The van der Waals surface area contributed by atoms with Gasteiger partial charge in [-0.15, -0.1) is 4.72 Å². The molecule has 142 valence electrons. The Labute approximate surface area is 158 Å². The lowest BCUT2D eigenvalue weighted by Gasteiger charge is -2.30. The van der Waals surface area contributed by atoms with Crippen LogP contribution >= 0.6 is 0 Å². The molecule has 0 bridgehead atoms. The van der Waals surface area contributed by atoms with Gasteiger partial charge in [0, 0.05) is 28.0 Å². The number of fused-ring (bicyclic) bond motifs is 3. The smallest absolute Gasteiger partial charge is 0.242 e. The first-order valence-corrected chi connectivity index (χ1v) is 11.9. The highest BCUT2D eigenvalue weighted by molar-refractivity contribution is 7.91. The highest BCUT2D eigenvalue weighted by Crippen LogP contribution is 2.42. The normalized spacial score (nSPS) is 22.4. The molecule has 0 saturated heterocycles. The van der Waals surface area contributed by atoms with Crippen LogP contribution in [0, 0.1) is 0 Å². The Morgan fingerprint density at radius 2 is 1.88 bits per heavy atom. The molecule has 2 aliphatic rings. The van der Waals surface area contributed by atoms with Crippen LogP contribution < -0.4 is 4.72 Å². The van der Waals surface area contributed by atoms with E-state index in [1.807, 2.05) is 45.0 Å². The molecule has 2 aliphatic carbocycles. The molecule has 1 unspecified atom stereocenters. The van der Waals surface area contributed by atoms with E-state index in [-0.39, 0.29) is 16.0 Å². The van der Waals surface area contributed by atoms with Crippen molar-refractivity contribution >= 4 is 32.3 Å². The molecule has 0 spiro atoms. The van der Waals surface area contributed by atoms with Gasteiger partial charge in [0.05, 0.1) is 16.8 Å². The third-order valence-corrected chi connectivity index (χ3v) is 9.08. The van der Waals surface area contributed by atoms with Gasteiger partial charge in [-0.05, 0) is 58.9 Å². The molecule has 5 nitrogen and oxygen atoms in total. The Kier molecular flexibility index (Phi) is 4.42. The monoisotopic (exact) mass is 394 g/mol. The zero-order valence-corrected chi connectivity index (χ0v) is 17.1. The van der Waals surface area contributed by atoms with Crippen molar-refractivity contribution in [3.05, 3.63) is 35.5 Å². The molecule has 2 atom stereocenters. The molecular weight excluding hydrogens is 368 g/mol. The van der Waals surface area contributed by atoms with Gasteiger partial charge in [-0.25, -0.2) is 12.4 Å². The van der Waals surface area contributed by atoms with Gasteiger partial charge in [0.25, 0.3) is 0 Å². The molecule has 4 rings (SSSR count). The lowest BCUT2D eigenvalue weighted by molar-refractivity contribution is 0.488. The Balaban J connectivity index is 1.87. The lowest BCUT2D eigenvalue weighted by atomic mass is 9.91. The van der Waals surface area contributed by atoms with Gasteiger partial charge in [0.1, 0.15) is 4.75 Å². The molecule has 1 saturated carbocycles. The average molecular weight is 395 g/mol. The second-order valence-electron chi connectivity index (χ2n) is 8.33. The van der Waals surface area contributed by atoms with Crippen LogP contribution in [0.3, 0.4) is 0 Å². The molecule has 0 amide bonds. The molecule has 0 aliphatic heterocycles. The highest BCUT2D eigenvalue weighted by Gasteiger charge is 2.42. The molecule has 1 N–H and O–H groups in total. The number of hydrogen-bond donors (Lipinski definition) is 1. The van der Waals surface area contributed by atoms with Crippen LogP contribution in [0.5, 0.6) is 0 Å². The standard InChI is InChI=1S/C19H26N2O3S2/c1-19(2,3)25(22)20-15-8-6-10-17-18(15)14-7-4-5-9-16(14)21(17)26(23,24)13-11-12-13/h4-5,7,9,13,15,20H,6,8,10-12H2,1-3H3/t15-,25?/m0/s1. The van der Waals surface area contributed by atoms with Gasteiger partial charge in [-0.2, -0.15) is 0 Å². The van der Waals surface area contributed by atoms with Gasteiger partial charge in [-0.3, -0.25) is 0 Å². The first-order chi connectivity index (χ1) is 12.2. The fraction of sp³-hybridized carbons (Fsp3) is 0.579. The largest absolute Gasteiger partial charge is 0.598 e. The van der Waals surface area contributed by atoms with Crippen LogP contribution in [0.1, 0.15) is 63.8 Å². The van der Waals surface area contributed by atoms with Crippen LogP contribution in [-0.2, 0) is 27.8 Å². The van der Waals surface area contributed by atoms with E-state index in [1.54, 1.807) is 3.97 Å². The molecule has 1 fully saturated rings. The summed E-state index contributed by atoms with van der Waals surface area (Å²) < 4.78 is 43.4. The number of hydrogen-bond acceptors (Lipinski definition) is 4. The zero-order chi connectivity index (χ0) is 18.7. The quantitative estimate of drug-likeness (QED) is 0.807. The summed E-state index contributed by atoms with van der Waals surface area (Å²) in [7, 11) is -3.36. The van der Waals surface area contributed by atoms with Crippen LogP contribution in [0.15, 0.2) is 24.3 Å². The number of benzene rings is 1. The van der Waals surface area contributed by atoms with E-state index in [0.717, 1.165) is 54.3 Å². The fourth-order valence-corrected chi connectivity index (χ4v) is 6.57. The fourth-order valence-electron chi connectivity index (χ4n) is 3.76. The predicted molar refractivity (Wildman–Crippen MR) is 106 cm³/mol. The van der Waals surface area contributed by atoms with Gasteiger partial charge in [0.15, 0.2) is 0 Å². The summed E-state index contributed by atoms with van der Waals surface area (Å²) in [5.74, 6) is 0. The molecular formula is C19H26N2O3S2. The maximum Gasteiger partial charge on any atom is 0.242 e. The van der Waals surface area contributed by atoms with Crippen LogP contribution in [0.25, 0.3) is 10.9 Å². The summed E-state index contributed by atoms with van der Waals surface area (Å²) in [4.78, 5) is 0. The van der Waals surface area contributed by atoms with Crippen molar-refractivity contribution in [2.45, 2.75) is 68.9 Å². The van der Waals surface area contributed by atoms with Crippen molar-refractivity contribution in [3.63, 3.8) is 0 Å². The summed E-state index contributed by atoms with van der Waals surface area (Å²) >= 11 is -1.20. The first kappa shape index (κ1) is 18.3. The Morgan fingerprint density at radius 1 is 1.19 bits per heavy atom. The van der Waals surface area contributed by atoms with E-state index in [2.05, 4.69) is 4.72 Å².